The van der Waals surface area contributed by atoms with E-state index in [1.165, 1.54) is 17.0 Å². The average molecular weight is 344 g/mol. The smallest absolute Gasteiger partial charge is 0.378 e. The second kappa shape index (κ2) is 8.37. The molecule has 1 fully saturated rings. The molecule has 1 aromatic carbocycles. The predicted octanol–water partition coefficient (Wildman–Crippen LogP) is 3.81. The van der Waals surface area contributed by atoms with E-state index in [0.717, 1.165) is 44.4 Å². The maximum atomic E-state index is 12.5. The van der Waals surface area contributed by atoms with Crippen LogP contribution in [-0.4, -0.2) is 37.2 Å². The Balaban J connectivity index is 1.74. The molecule has 0 saturated carbocycles. The van der Waals surface area contributed by atoms with Crippen molar-refractivity contribution < 1.29 is 22.7 Å². The van der Waals surface area contributed by atoms with Gasteiger partial charge in [-0.2, -0.15) is 13.2 Å². The van der Waals surface area contributed by atoms with Gasteiger partial charge < -0.3 is 15.0 Å². The molecule has 0 bridgehead atoms. The lowest BCUT2D eigenvalue weighted by atomic mass is 10.1. The second-order valence-electron chi connectivity index (χ2n) is 6.06. The molecule has 1 atom stereocenters. The molecule has 0 aromatic heterocycles. The molecule has 24 heavy (non-hydrogen) atoms. The standard InChI is InChI=1S/C17H23F3N2O2/c1-22(12-13-5-7-14(8-6-13)17(18,19)20)16(23)21-10-9-15-4-2-3-11-24-15/h5-8,15H,2-4,9-12H2,1H3,(H,21,23)/t15-/m0/s1. The van der Waals surface area contributed by atoms with Crippen molar-refractivity contribution in [3.63, 3.8) is 0 Å². The van der Waals surface area contributed by atoms with Gasteiger partial charge in [0.15, 0.2) is 0 Å². The van der Waals surface area contributed by atoms with E-state index >= 15 is 0 Å². The minimum atomic E-state index is -4.34. The van der Waals surface area contributed by atoms with Gasteiger partial charge >= 0.3 is 12.2 Å². The van der Waals surface area contributed by atoms with Crippen molar-refractivity contribution in [2.24, 2.45) is 0 Å². The number of hydrogen-bond acceptors (Lipinski definition) is 2. The van der Waals surface area contributed by atoms with Gasteiger partial charge in [0.2, 0.25) is 0 Å². The molecule has 1 N–H and O–H groups in total. The molecule has 2 rings (SSSR count). The van der Waals surface area contributed by atoms with Crippen LogP contribution in [0, 0.1) is 0 Å². The van der Waals surface area contributed by atoms with Gasteiger partial charge in [0, 0.05) is 26.7 Å². The Bertz CT molecular complexity index is 526. The Morgan fingerprint density at radius 3 is 2.58 bits per heavy atom. The molecule has 134 valence electrons. The molecular weight excluding hydrogens is 321 g/mol. The van der Waals surface area contributed by atoms with Crippen LogP contribution in [0.3, 0.4) is 0 Å². The van der Waals surface area contributed by atoms with Gasteiger partial charge in [-0.3, -0.25) is 0 Å². The van der Waals surface area contributed by atoms with Crippen molar-refractivity contribution in [1.29, 1.82) is 0 Å². The summed E-state index contributed by atoms with van der Waals surface area (Å²) in [5.74, 6) is 0. The lowest BCUT2D eigenvalue weighted by molar-refractivity contribution is -0.137. The number of halogens is 3. The van der Waals surface area contributed by atoms with E-state index in [4.69, 9.17) is 4.74 Å². The first-order chi connectivity index (χ1) is 11.4. The van der Waals surface area contributed by atoms with E-state index in [1.54, 1.807) is 7.05 Å². The summed E-state index contributed by atoms with van der Waals surface area (Å²) in [5, 5.41) is 2.81. The maximum Gasteiger partial charge on any atom is 0.416 e. The number of carbonyl (C=O) groups excluding carboxylic acids is 1. The molecule has 1 heterocycles. The number of hydrogen-bond donors (Lipinski definition) is 1. The summed E-state index contributed by atoms with van der Waals surface area (Å²) in [4.78, 5) is 13.5. The van der Waals surface area contributed by atoms with Crippen LogP contribution in [0.15, 0.2) is 24.3 Å². The van der Waals surface area contributed by atoms with Crippen molar-refractivity contribution in [3.8, 4) is 0 Å². The minimum Gasteiger partial charge on any atom is -0.378 e. The van der Waals surface area contributed by atoms with E-state index < -0.39 is 11.7 Å². The minimum absolute atomic E-state index is 0.208. The molecule has 1 aromatic rings. The first kappa shape index (κ1) is 18.6. The maximum absolute atomic E-state index is 12.5. The molecule has 1 aliphatic rings. The number of nitrogens with zero attached hydrogens (tertiary/aromatic N) is 1. The van der Waals surface area contributed by atoms with Crippen LogP contribution in [0.2, 0.25) is 0 Å². The highest BCUT2D eigenvalue weighted by Crippen LogP contribution is 2.29. The zero-order chi connectivity index (χ0) is 17.6. The fourth-order valence-corrected chi connectivity index (χ4v) is 2.65. The number of alkyl halides is 3. The van der Waals surface area contributed by atoms with Gasteiger partial charge in [0.05, 0.1) is 11.7 Å². The summed E-state index contributed by atoms with van der Waals surface area (Å²) in [5.41, 5.74) is -0.0397. The number of carbonyl (C=O) groups is 1. The van der Waals surface area contributed by atoms with Gasteiger partial charge in [-0.1, -0.05) is 12.1 Å². The lowest BCUT2D eigenvalue weighted by Crippen LogP contribution is -2.38. The average Bonchev–Trinajstić information content (AvgIpc) is 2.55. The third-order valence-corrected chi connectivity index (χ3v) is 4.06. The number of urea groups is 1. The van der Waals surface area contributed by atoms with Gasteiger partial charge in [-0.05, 0) is 43.4 Å². The SMILES string of the molecule is CN(Cc1ccc(C(F)(F)F)cc1)C(=O)NCC[C@@H]1CCCCO1. The molecule has 1 aliphatic heterocycles. The van der Waals surface area contributed by atoms with Crippen LogP contribution in [0.25, 0.3) is 0 Å². The van der Waals surface area contributed by atoms with Crippen molar-refractivity contribution in [2.45, 2.75) is 44.5 Å². The van der Waals surface area contributed by atoms with Crippen LogP contribution in [0.5, 0.6) is 0 Å². The summed E-state index contributed by atoms with van der Waals surface area (Å²) in [6.45, 7) is 1.57. The van der Waals surface area contributed by atoms with Gasteiger partial charge in [0.25, 0.3) is 0 Å². The predicted molar refractivity (Wildman–Crippen MR) is 84.5 cm³/mol. The Labute approximate surface area is 140 Å². The van der Waals surface area contributed by atoms with Crippen molar-refractivity contribution in [1.82, 2.24) is 10.2 Å². The van der Waals surface area contributed by atoms with Gasteiger partial charge in [-0.15, -0.1) is 0 Å². The summed E-state index contributed by atoms with van der Waals surface area (Å²) in [6, 6.07) is 4.60. The highest BCUT2D eigenvalue weighted by atomic mass is 19.4. The zero-order valence-electron chi connectivity index (χ0n) is 13.7. The first-order valence-corrected chi connectivity index (χ1v) is 8.13. The summed E-state index contributed by atoms with van der Waals surface area (Å²) in [6.07, 6.45) is -0.0788. The van der Waals surface area contributed by atoms with Crippen LogP contribution >= 0.6 is 0 Å². The second-order valence-corrected chi connectivity index (χ2v) is 6.06. The van der Waals surface area contributed by atoms with Crippen molar-refractivity contribution >= 4 is 6.03 Å². The van der Waals surface area contributed by atoms with E-state index in [-0.39, 0.29) is 18.7 Å². The van der Waals surface area contributed by atoms with E-state index in [1.807, 2.05) is 0 Å². The molecule has 0 radical (unpaired) electrons. The monoisotopic (exact) mass is 344 g/mol. The lowest BCUT2D eigenvalue weighted by Gasteiger charge is -2.23. The number of amides is 2. The Kier molecular flexibility index (Phi) is 6.48. The Morgan fingerprint density at radius 1 is 1.29 bits per heavy atom. The number of nitrogens with one attached hydrogen (secondary N) is 1. The highest BCUT2D eigenvalue weighted by Gasteiger charge is 2.30. The normalized spacial score (nSPS) is 18.2. The number of rotatable bonds is 5. The zero-order valence-corrected chi connectivity index (χ0v) is 13.7. The van der Waals surface area contributed by atoms with E-state index in [2.05, 4.69) is 5.32 Å². The summed E-state index contributed by atoms with van der Waals surface area (Å²) < 4.78 is 43.2. The van der Waals surface area contributed by atoms with Gasteiger partial charge in [0.1, 0.15) is 0 Å². The van der Waals surface area contributed by atoms with E-state index in [0.29, 0.717) is 12.1 Å². The highest BCUT2D eigenvalue weighted by molar-refractivity contribution is 5.73. The summed E-state index contributed by atoms with van der Waals surface area (Å²) >= 11 is 0. The fraction of sp³-hybridized carbons (Fsp3) is 0.588. The fourth-order valence-electron chi connectivity index (χ4n) is 2.65. The van der Waals surface area contributed by atoms with Crippen LogP contribution in [0.1, 0.15) is 36.8 Å². The van der Waals surface area contributed by atoms with E-state index in [9.17, 15) is 18.0 Å². The van der Waals surface area contributed by atoms with Crippen molar-refractivity contribution in [3.05, 3.63) is 35.4 Å². The van der Waals surface area contributed by atoms with Crippen LogP contribution in [0.4, 0.5) is 18.0 Å². The first-order valence-electron chi connectivity index (χ1n) is 8.13. The largest absolute Gasteiger partial charge is 0.416 e. The van der Waals surface area contributed by atoms with Crippen LogP contribution in [-0.2, 0) is 17.5 Å². The molecule has 0 aliphatic carbocycles. The van der Waals surface area contributed by atoms with Crippen molar-refractivity contribution in [2.75, 3.05) is 20.2 Å². The number of ether oxygens (including phenoxy) is 1. The third-order valence-electron chi connectivity index (χ3n) is 4.06. The quantitative estimate of drug-likeness (QED) is 0.883. The molecule has 2 amide bonds. The molecule has 1 saturated heterocycles. The Hall–Kier alpha value is -1.76. The molecular formula is C17H23F3N2O2. The van der Waals surface area contributed by atoms with Crippen LogP contribution < -0.4 is 5.32 Å². The molecule has 0 unspecified atom stereocenters. The van der Waals surface area contributed by atoms with Gasteiger partial charge in [-0.25, -0.2) is 4.79 Å². The molecule has 0 spiro atoms. The molecule has 4 nitrogen and oxygen atoms in total. The third kappa shape index (κ3) is 5.70. The number of benzene rings is 1. The topological polar surface area (TPSA) is 41.6 Å². The molecule has 7 heteroatoms. The summed E-state index contributed by atoms with van der Waals surface area (Å²) in [7, 11) is 1.62. The Morgan fingerprint density at radius 2 is 2.00 bits per heavy atom.